The molecule has 0 fully saturated rings. The largest absolute Gasteiger partial charge is 0.493 e. The van der Waals surface area contributed by atoms with Gasteiger partial charge < -0.3 is 14.6 Å². The normalized spacial score (nSPS) is 14.8. The number of aliphatic hydroxyl groups excluding tert-OH is 1. The zero-order valence-corrected chi connectivity index (χ0v) is 12.5. The van der Waals surface area contributed by atoms with Crippen LogP contribution in [0.5, 0.6) is 5.75 Å². The third kappa shape index (κ3) is 2.77. The van der Waals surface area contributed by atoms with Crippen LogP contribution in [0.15, 0.2) is 24.4 Å². The molecule has 3 rings (SSSR count). The molecule has 0 radical (unpaired) electrons. The molecule has 2 aromatic rings. The van der Waals surface area contributed by atoms with Crippen molar-refractivity contribution in [2.24, 2.45) is 0 Å². The minimum absolute atomic E-state index is 0.454. The summed E-state index contributed by atoms with van der Waals surface area (Å²) in [4.78, 5) is 0. The lowest BCUT2D eigenvalue weighted by Crippen LogP contribution is -2.13. The lowest BCUT2D eigenvalue weighted by Gasteiger charge is -2.15. The molecule has 112 valence electrons. The summed E-state index contributed by atoms with van der Waals surface area (Å²) >= 11 is 6.18. The molecular weight excluding hydrogens is 292 g/mol. The highest BCUT2D eigenvalue weighted by Crippen LogP contribution is 2.32. The molecule has 1 aromatic carbocycles. The van der Waals surface area contributed by atoms with E-state index >= 15 is 0 Å². The number of halogens is 1. The van der Waals surface area contributed by atoms with Gasteiger partial charge >= 0.3 is 0 Å². The number of nitrogens with zero attached hydrogens (tertiary/aromatic N) is 2. The monoisotopic (exact) mass is 308 g/mol. The number of ether oxygens (including phenoxy) is 2. The van der Waals surface area contributed by atoms with Crippen molar-refractivity contribution in [2.75, 3.05) is 20.3 Å². The van der Waals surface area contributed by atoms with E-state index in [9.17, 15) is 5.11 Å². The summed E-state index contributed by atoms with van der Waals surface area (Å²) in [6, 6.07) is 5.72. The summed E-state index contributed by atoms with van der Waals surface area (Å²) in [5, 5.41) is 15.3. The van der Waals surface area contributed by atoms with E-state index in [0.29, 0.717) is 30.5 Å². The minimum Gasteiger partial charge on any atom is -0.493 e. The Morgan fingerprint density at radius 3 is 3.19 bits per heavy atom. The van der Waals surface area contributed by atoms with Crippen LogP contribution in [0.4, 0.5) is 0 Å². The maximum absolute atomic E-state index is 10.6. The number of benzene rings is 1. The van der Waals surface area contributed by atoms with Crippen molar-refractivity contribution in [3.8, 4) is 5.75 Å². The average Bonchev–Trinajstić information content (AvgIpc) is 3.10. The van der Waals surface area contributed by atoms with Crippen molar-refractivity contribution in [3.63, 3.8) is 0 Å². The van der Waals surface area contributed by atoms with Crippen LogP contribution in [0.2, 0.25) is 5.02 Å². The van der Waals surface area contributed by atoms with Gasteiger partial charge in [0.15, 0.2) is 0 Å². The maximum Gasteiger partial charge on any atom is 0.122 e. The molecule has 1 aliphatic rings. The second-order valence-corrected chi connectivity index (χ2v) is 5.37. The molecular formula is C15H17ClN2O3. The van der Waals surface area contributed by atoms with Gasteiger partial charge in [-0.1, -0.05) is 17.7 Å². The molecule has 2 heterocycles. The van der Waals surface area contributed by atoms with Gasteiger partial charge in [0.1, 0.15) is 11.9 Å². The van der Waals surface area contributed by atoms with Gasteiger partial charge in [0.2, 0.25) is 0 Å². The third-order valence-electron chi connectivity index (χ3n) is 3.63. The topological polar surface area (TPSA) is 56.5 Å². The second-order valence-electron chi connectivity index (χ2n) is 4.96. The van der Waals surface area contributed by atoms with E-state index in [1.807, 2.05) is 18.2 Å². The first kappa shape index (κ1) is 14.4. The molecule has 5 nitrogen and oxygen atoms in total. The van der Waals surface area contributed by atoms with Crippen LogP contribution in [0.3, 0.4) is 0 Å². The van der Waals surface area contributed by atoms with Crippen LogP contribution in [0, 0.1) is 0 Å². The maximum atomic E-state index is 10.6. The molecule has 1 N–H and O–H groups in total. The van der Waals surface area contributed by atoms with E-state index < -0.39 is 6.10 Å². The van der Waals surface area contributed by atoms with Gasteiger partial charge in [-0.15, -0.1) is 0 Å². The fourth-order valence-electron chi connectivity index (χ4n) is 2.53. The molecule has 1 aliphatic heterocycles. The molecule has 21 heavy (non-hydrogen) atoms. The van der Waals surface area contributed by atoms with Crippen LogP contribution in [-0.4, -0.2) is 35.2 Å². The number of fused-ring (bicyclic) bond motifs is 1. The van der Waals surface area contributed by atoms with Crippen molar-refractivity contribution >= 4 is 11.6 Å². The van der Waals surface area contributed by atoms with Gasteiger partial charge in [-0.3, -0.25) is 4.68 Å². The van der Waals surface area contributed by atoms with Crippen LogP contribution < -0.4 is 4.74 Å². The van der Waals surface area contributed by atoms with Crippen molar-refractivity contribution in [3.05, 3.63) is 46.2 Å². The summed E-state index contributed by atoms with van der Waals surface area (Å²) < 4.78 is 12.2. The lowest BCUT2D eigenvalue weighted by molar-refractivity contribution is 0.171. The Morgan fingerprint density at radius 2 is 2.38 bits per heavy atom. The predicted octanol–water partition coefficient (Wildman–Crippen LogP) is 2.20. The quantitative estimate of drug-likeness (QED) is 0.920. The number of aromatic nitrogens is 2. The second kappa shape index (κ2) is 6.05. The number of hydrogen-bond donors (Lipinski definition) is 1. The SMILES string of the molecule is COCCn1ncc(Cl)c1C(O)c1ccc2c(c1)CCO2. The molecule has 0 saturated heterocycles. The Bertz CT molecular complexity index is 642. The molecule has 0 bridgehead atoms. The van der Waals surface area contributed by atoms with Crippen LogP contribution in [0.25, 0.3) is 0 Å². The van der Waals surface area contributed by atoms with Crippen LogP contribution >= 0.6 is 11.6 Å². The van der Waals surface area contributed by atoms with Crippen molar-refractivity contribution < 1.29 is 14.6 Å². The van der Waals surface area contributed by atoms with Crippen molar-refractivity contribution in [2.45, 2.75) is 19.1 Å². The molecule has 1 unspecified atom stereocenters. The Balaban J connectivity index is 1.91. The summed E-state index contributed by atoms with van der Waals surface area (Å²) in [6.45, 7) is 1.75. The summed E-state index contributed by atoms with van der Waals surface area (Å²) in [5.74, 6) is 0.893. The summed E-state index contributed by atoms with van der Waals surface area (Å²) in [7, 11) is 1.63. The summed E-state index contributed by atoms with van der Waals surface area (Å²) in [6.07, 6.45) is 1.60. The van der Waals surface area contributed by atoms with Crippen LogP contribution in [-0.2, 0) is 17.7 Å². The molecule has 0 amide bonds. The third-order valence-corrected chi connectivity index (χ3v) is 3.92. The molecule has 0 saturated carbocycles. The molecule has 0 aliphatic carbocycles. The molecule has 6 heteroatoms. The first-order chi connectivity index (χ1) is 10.2. The molecule has 1 atom stereocenters. The summed E-state index contributed by atoms with van der Waals surface area (Å²) in [5.41, 5.74) is 2.50. The zero-order valence-electron chi connectivity index (χ0n) is 11.8. The number of methoxy groups -OCH3 is 1. The molecule has 1 aromatic heterocycles. The lowest BCUT2D eigenvalue weighted by atomic mass is 10.0. The molecule has 0 spiro atoms. The number of aliphatic hydroxyl groups is 1. The van der Waals surface area contributed by atoms with E-state index in [2.05, 4.69) is 5.10 Å². The first-order valence-corrected chi connectivity index (χ1v) is 7.22. The number of hydrogen-bond acceptors (Lipinski definition) is 4. The fourth-order valence-corrected chi connectivity index (χ4v) is 2.78. The fraction of sp³-hybridized carbons (Fsp3) is 0.400. The Morgan fingerprint density at radius 1 is 1.52 bits per heavy atom. The van der Waals surface area contributed by atoms with Gasteiger partial charge in [-0.25, -0.2) is 0 Å². The number of rotatable bonds is 5. The van der Waals surface area contributed by atoms with Gasteiger partial charge in [0, 0.05) is 13.5 Å². The minimum atomic E-state index is -0.817. The van der Waals surface area contributed by atoms with Gasteiger partial charge in [-0.05, 0) is 23.3 Å². The highest BCUT2D eigenvalue weighted by Gasteiger charge is 2.22. The van der Waals surface area contributed by atoms with Crippen molar-refractivity contribution in [1.29, 1.82) is 0 Å². The Kier molecular flexibility index (Phi) is 4.14. The van der Waals surface area contributed by atoms with Crippen LogP contribution in [0.1, 0.15) is 22.9 Å². The zero-order chi connectivity index (χ0) is 14.8. The standard InChI is InChI=1S/C15H17ClN2O3/c1-20-7-5-18-14(12(16)9-17-18)15(19)11-2-3-13-10(8-11)4-6-21-13/h2-3,8-9,15,19H,4-7H2,1H3. The predicted molar refractivity (Wildman–Crippen MR) is 78.8 cm³/mol. The van der Waals surface area contributed by atoms with Gasteiger partial charge in [0.05, 0.1) is 36.7 Å². The Labute approximate surface area is 128 Å². The van der Waals surface area contributed by atoms with Gasteiger partial charge in [0.25, 0.3) is 0 Å². The van der Waals surface area contributed by atoms with E-state index in [0.717, 1.165) is 23.3 Å². The van der Waals surface area contributed by atoms with E-state index in [1.54, 1.807) is 18.0 Å². The average molecular weight is 309 g/mol. The highest BCUT2D eigenvalue weighted by molar-refractivity contribution is 6.31. The van der Waals surface area contributed by atoms with E-state index in [4.69, 9.17) is 21.1 Å². The van der Waals surface area contributed by atoms with E-state index in [-0.39, 0.29) is 0 Å². The van der Waals surface area contributed by atoms with Gasteiger partial charge in [-0.2, -0.15) is 5.10 Å². The Hall–Kier alpha value is -1.56. The highest BCUT2D eigenvalue weighted by atomic mass is 35.5. The van der Waals surface area contributed by atoms with Crippen molar-refractivity contribution in [1.82, 2.24) is 9.78 Å². The first-order valence-electron chi connectivity index (χ1n) is 6.84. The smallest absolute Gasteiger partial charge is 0.122 e. The van der Waals surface area contributed by atoms with E-state index in [1.165, 1.54) is 0 Å².